The molecular weight excluding hydrogens is 411 g/mol. The minimum absolute atomic E-state index is 0.0143. The standard InChI is InChI=1S/C22H24Cl2N2O3/c23-18-3-1-16(2-4-18)9-12-25-22(28)17-10-13-26(14-11-17)21(27)15-29-20-7-5-19(24)6-8-20/h1-8,17H,9-15H2,(H,25,28). The number of likely N-dealkylation sites (tertiary alicyclic amines) is 1. The molecule has 2 aromatic rings. The molecule has 0 spiro atoms. The quantitative estimate of drug-likeness (QED) is 0.716. The zero-order chi connectivity index (χ0) is 20.6. The Labute approximate surface area is 180 Å². The maximum atomic E-state index is 12.4. The number of ether oxygens (including phenoxy) is 1. The normalized spacial score (nSPS) is 14.5. The van der Waals surface area contributed by atoms with Gasteiger partial charge in [0, 0.05) is 35.6 Å². The molecule has 154 valence electrons. The Morgan fingerprint density at radius 3 is 2.17 bits per heavy atom. The number of piperidine rings is 1. The third-order valence-corrected chi connectivity index (χ3v) is 5.52. The maximum absolute atomic E-state index is 12.4. The van der Waals surface area contributed by atoms with Crippen LogP contribution in [0.25, 0.3) is 0 Å². The number of rotatable bonds is 7. The van der Waals surface area contributed by atoms with E-state index in [-0.39, 0.29) is 24.3 Å². The Bertz CT molecular complexity index is 817. The second-order valence-electron chi connectivity index (χ2n) is 7.07. The summed E-state index contributed by atoms with van der Waals surface area (Å²) in [6.07, 6.45) is 2.10. The van der Waals surface area contributed by atoms with Gasteiger partial charge in [-0.25, -0.2) is 0 Å². The van der Waals surface area contributed by atoms with Gasteiger partial charge in [-0.15, -0.1) is 0 Å². The molecule has 1 aliphatic heterocycles. The van der Waals surface area contributed by atoms with Crippen LogP contribution in [0.4, 0.5) is 0 Å². The van der Waals surface area contributed by atoms with Crippen LogP contribution in [-0.4, -0.2) is 43.0 Å². The molecule has 0 saturated carbocycles. The van der Waals surface area contributed by atoms with Crippen LogP contribution in [0.1, 0.15) is 18.4 Å². The van der Waals surface area contributed by atoms with Gasteiger partial charge < -0.3 is 15.0 Å². The lowest BCUT2D eigenvalue weighted by atomic mass is 9.96. The van der Waals surface area contributed by atoms with Crippen molar-refractivity contribution in [2.45, 2.75) is 19.3 Å². The van der Waals surface area contributed by atoms with Crippen molar-refractivity contribution in [3.63, 3.8) is 0 Å². The number of halogens is 2. The molecule has 2 aromatic carbocycles. The average Bonchev–Trinajstić information content (AvgIpc) is 2.74. The number of hydrogen-bond acceptors (Lipinski definition) is 3. The summed E-state index contributed by atoms with van der Waals surface area (Å²) in [4.78, 5) is 26.5. The fraction of sp³-hybridized carbons (Fsp3) is 0.364. The first-order valence-corrected chi connectivity index (χ1v) is 10.4. The summed E-state index contributed by atoms with van der Waals surface area (Å²) in [6.45, 7) is 1.71. The molecule has 29 heavy (non-hydrogen) atoms. The molecule has 1 N–H and O–H groups in total. The van der Waals surface area contributed by atoms with Crippen molar-refractivity contribution in [3.05, 3.63) is 64.1 Å². The van der Waals surface area contributed by atoms with Crippen molar-refractivity contribution in [1.82, 2.24) is 10.2 Å². The molecule has 0 bridgehead atoms. The minimum atomic E-state index is -0.0680. The molecule has 0 aromatic heterocycles. The summed E-state index contributed by atoms with van der Waals surface area (Å²) < 4.78 is 5.52. The molecule has 0 atom stereocenters. The van der Waals surface area contributed by atoms with E-state index in [0.717, 1.165) is 12.0 Å². The fourth-order valence-electron chi connectivity index (χ4n) is 3.28. The molecule has 1 fully saturated rings. The largest absolute Gasteiger partial charge is 0.484 e. The zero-order valence-electron chi connectivity index (χ0n) is 16.1. The first kappa shape index (κ1) is 21.5. The van der Waals surface area contributed by atoms with Crippen molar-refractivity contribution in [3.8, 4) is 5.75 Å². The number of carbonyl (C=O) groups is 2. The van der Waals surface area contributed by atoms with Gasteiger partial charge in [-0.2, -0.15) is 0 Å². The SMILES string of the molecule is O=C(NCCc1ccc(Cl)cc1)C1CCN(C(=O)COc2ccc(Cl)cc2)CC1. The van der Waals surface area contributed by atoms with Crippen molar-refractivity contribution in [2.75, 3.05) is 26.2 Å². The molecule has 7 heteroatoms. The van der Waals surface area contributed by atoms with Gasteiger partial charge in [0.25, 0.3) is 5.91 Å². The predicted octanol–water partition coefficient (Wildman–Crippen LogP) is 3.97. The summed E-state index contributed by atoms with van der Waals surface area (Å²) in [5.74, 6) is 0.546. The first-order chi connectivity index (χ1) is 14.0. The molecule has 5 nitrogen and oxygen atoms in total. The van der Waals surface area contributed by atoms with Gasteiger partial charge >= 0.3 is 0 Å². The van der Waals surface area contributed by atoms with Crippen LogP contribution < -0.4 is 10.1 Å². The number of nitrogens with one attached hydrogen (secondary N) is 1. The van der Waals surface area contributed by atoms with Crippen LogP contribution in [0.5, 0.6) is 5.75 Å². The number of amides is 2. The van der Waals surface area contributed by atoms with Crippen molar-refractivity contribution in [1.29, 1.82) is 0 Å². The lowest BCUT2D eigenvalue weighted by Gasteiger charge is -2.31. The highest BCUT2D eigenvalue weighted by Crippen LogP contribution is 2.19. The molecule has 2 amide bonds. The fourth-order valence-corrected chi connectivity index (χ4v) is 3.54. The molecular formula is C22H24Cl2N2O3. The second kappa shape index (κ2) is 10.5. The van der Waals surface area contributed by atoms with E-state index >= 15 is 0 Å². The molecule has 0 aliphatic carbocycles. The highest BCUT2D eigenvalue weighted by Gasteiger charge is 2.27. The Balaban J connectivity index is 1.35. The van der Waals surface area contributed by atoms with Crippen LogP contribution in [0, 0.1) is 5.92 Å². The van der Waals surface area contributed by atoms with Crippen molar-refractivity contribution >= 4 is 35.0 Å². The Kier molecular flexibility index (Phi) is 7.78. The molecule has 1 aliphatic rings. The van der Waals surface area contributed by atoms with Gasteiger partial charge in [0.05, 0.1) is 0 Å². The van der Waals surface area contributed by atoms with Crippen LogP contribution in [0.15, 0.2) is 48.5 Å². The van der Waals surface area contributed by atoms with E-state index in [1.54, 1.807) is 29.2 Å². The van der Waals surface area contributed by atoms with Gasteiger partial charge in [-0.05, 0) is 61.2 Å². The topological polar surface area (TPSA) is 58.6 Å². The van der Waals surface area contributed by atoms with Gasteiger partial charge in [0.15, 0.2) is 6.61 Å². The third-order valence-electron chi connectivity index (χ3n) is 5.02. The monoisotopic (exact) mass is 434 g/mol. The smallest absolute Gasteiger partial charge is 0.260 e. The third kappa shape index (κ3) is 6.65. The molecule has 0 radical (unpaired) electrons. The van der Waals surface area contributed by atoms with Gasteiger partial charge in [-0.1, -0.05) is 35.3 Å². The van der Waals surface area contributed by atoms with Crippen LogP contribution in [-0.2, 0) is 16.0 Å². The van der Waals surface area contributed by atoms with Crippen LogP contribution >= 0.6 is 23.2 Å². The van der Waals surface area contributed by atoms with E-state index in [1.807, 2.05) is 24.3 Å². The van der Waals surface area contributed by atoms with E-state index < -0.39 is 0 Å². The highest BCUT2D eigenvalue weighted by molar-refractivity contribution is 6.30. The lowest BCUT2D eigenvalue weighted by molar-refractivity contribution is -0.137. The summed E-state index contributed by atoms with van der Waals surface area (Å²) >= 11 is 11.7. The molecule has 1 heterocycles. The Morgan fingerprint density at radius 1 is 0.966 bits per heavy atom. The maximum Gasteiger partial charge on any atom is 0.260 e. The van der Waals surface area contributed by atoms with Gasteiger partial charge in [0.1, 0.15) is 5.75 Å². The molecule has 3 rings (SSSR count). The Morgan fingerprint density at radius 2 is 1.55 bits per heavy atom. The lowest BCUT2D eigenvalue weighted by Crippen LogP contribution is -2.44. The van der Waals surface area contributed by atoms with Gasteiger partial charge in [0.2, 0.25) is 5.91 Å². The van der Waals surface area contributed by atoms with E-state index in [0.29, 0.717) is 48.3 Å². The molecule has 0 unspecified atom stereocenters. The summed E-state index contributed by atoms with van der Waals surface area (Å²) in [6, 6.07) is 14.5. The van der Waals surface area contributed by atoms with E-state index in [1.165, 1.54) is 0 Å². The minimum Gasteiger partial charge on any atom is -0.484 e. The Hall–Kier alpha value is -2.24. The predicted molar refractivity (Wildman–Crippen MR) is 114 cm³/mol. The zero-order valence-corrected chi connectivity index (χ0v) is 17.6. The van der Waals surface area contributed by atoms with Crippen LogP contribution in [0.2, 0.25) is 10.0 Å². The van der Waals surface area contributed by atoms with E-state index in [4.69, 9.17) is 27.9 Å². The number of hydrogen-bond donors (Lipinski definition) is 1. The number of benzene rings is 2. The van der Waals surface area contributed by atoms with Crippen molar-refractivity contribution < 1.29 is 14.3 Å². The summed E-state index contributed by atoms with van der Waals surface area (Å²) in [5.41, 5.74) is 1.14. The van der Waals surface area contributed by atoms with E-state index in [9.17, 15) is 9.59 Å². The average molecular weight is 435 g/mol. The first-order valence-electron chi connectivity index (χ1n) is 9.69. The number of nitrogens with zero attached hydrogens (tertiary/aromatic N) is 1. The second-order valence-corrected chi connectivity index (χ2v) is 7.94. The molecule has 1 saturated heterocycles. The number of carbonyl (C=O) groups excluding carboxylic acids is 2. The van der Waals surface area contributed by atoms with Crippen LogP contribution in [0.3, 0.4) is 0 Å². The van der Waals surface area contributed by atoms with Gasteiger partial charge in [-0.3, -0.25) is 9.59 Å². The highest BCUT2D eigenvalue weighted by atomic mass is 35.5. The van der Waals surface area contributed by atoms with Crippen molar-refractivity contribution in [2.24, 2.45) is 5.92 Å². The summed E-state index contributed by atoms with van der Waals surface area (Å²) in [5, 5.41) is 4.33. The summed E-state index contributed by atoms with van der Waals surface area (Å²) in [7, 11) is 0. The van der Waals surface area contributed by atoms with E-state index in [2.05, 4.69) is 5.32 Å².